The first-order valence-electron chi connectivity index (χ1n) is 11.0. The van der Waals surface area contributed by atoms with E-state index in [0.717, 1.165) is 24.1 Å². The second-order valence-corrected chi connectivity index (χ2v) is 8.75. The van der Waals surface area contributed by atoms with Gasteiger partial charge in [0.15, 0.2) is 0 Å². The number of hydrogen-bond acceptors (Lipinski definition) is 5. The van der Waals surface area contributed by atoms with Crippen LogP contribution in [0.1, 0.15) is 43.0 Å². The molecule has 2 aromatic rings. The molecule has 0 aromatic heterocycles. The van der Waals surface area contributed by atoms with Gasteiger partial charge in [-0.25, -0.2) is 0 Å². The summed E-state index contributed by atoms with van der Waals surface area (Å²) < 4.78 is 5.67. The summed E-state index contributed by atoms with van der Waals surface area (Å²) in [6, 6.07) is 14.0. The first kappa shape index (κ1) is 23.5. The van der Waals surface area contributed by atoms with Crippen LogP contribution in [0.2, 0.25) is 0 Å². The number of likely N-dealkylation sites (tertiary alicyclic amines) is 1. The molecule has 1 fully saturated rings. The standard InChI is InChI=1S/C26H32N2O4/c1-17(2)32-21-12-10-19(11-13-21)24(29)22-23(20-9-6-8-18(3)16-20)28(26(31)25(22)30)15-7-14-27(4)5/h6,8-13,16-17,23,29H,7,14-15H2,1-5H3/b24-22-. The summed E-state index contributed by atoms with van der Waals surface area (Å²) >= 11 is 0. The Morgan fingerprint density at radius 3 is 2.41 bits per heavy atom. The van der Waals surface area contributed by atoms with Gasteiger partial charge >= 0.3 is 0 Å². The van der Waals surface area contributed by atoms with Crippen LogP contribution < -0.4 is 4.74 Å². The van der Waals surface area contributed by atoms with Gasteiger partial charge in [-0.2, -0.15) is 0 Å². The molecule has 6 nitrogen and oxygen atoms in total. The van der Waals surface area contributed by atoms with E-state index in [1.165, 1.54) is 0 Å². The quantitative estimate of drug-likeness (QED) is 0.382. The van der Waals surface area contributed by atoms with Crippen molar-refractivity contribution >= 4 is 17.4 Å². The number of rotatable bonds is 8. The summed E-state index contributed by atoms with van der Waals surface area (Å²) in [5.74, 6) is -0.713. The van der Waals surface area contributed by atoms with Crippen LogP contribution in [0.25, 0.3) is 5.76 Å². The van der Waals surface area contributed by atoms with Crippen LogP contribution in [0.4, 0.5) is 0 Å². The Kier molecular flexibility index (Phi) is 7.36. The topological polar surface area (TPSA) is 70.1 Å². The van der Waals surface area contributed by atoms with Gasteiger partial charge in [0.1, 0.15) is 11.5 Å². The highest BCUT2D eigenvalue weighted by Gasteiger charge is 2.45. The maximum atomic E-state index is 13.1. The summed E-state index contributed by atoms with van der Waals surface area (Å²) in [6.45, 7) is 7.07. The zero-order valence-electron chi connectivity index (χ0n) is 19.5. The number of benzene rings is 2. The number of Topliss-reactive ketones (excluding diaryl/α,β-unsaturated/α-hetero) is 1. The molecule has 1 atom stereocenters. The number of ether oxygens (including phenoxy) is 1. The average Bonchev–Trinajstić information content (AvgIpc) is 2.98. The largest absolute Gasteiger partial charge is 0.507 e. The second-order valence-electron chi connectivity index (χ2n) is 8.75. The zero-order valence-corrected chi connectivity index (χ0v) is 19.5. The van der Waals surface area contributed by atoms with Gasteiger partial charge in [-0.15, -0.1) is 0 Å². The molecule has 0 aliphatic carbocycles. The molecule has 2 aromatic carbocycles. The Labute approximate surface area is 190 Å². The summed E-state index contributed by atoms with van der Waals surface area (Å²) in [4.78, 5) is 29.7. The molecule has 1 aliphatic rings. The van der Waals surface area contributed by atoms with E-state index in [-0.39, 0.29) is 17.4 Å². The number of nitrogens with zero attached hydrogens (tertiary/aromatic N) is 2. The van der Waals surface area contributed by atoms with Crippen LogP contribution in [-0.4, -0.2) is 59.9 Å². The first-order valence-corrected chi connectivity index (χ1v) is 11.0. The third kappa shape index (κ3) is 5.19. The van der Waals surface area contributed by atoms with Crippen molar-refractivity contribution in [2.45, 2.75) is 39.3 Å². The van der Waals surface area contributed by atoms with Crippen molar-refractivity contribution in [2.75, 3.05) is 27.2 Å². The molecular formula is C26H32N2O4. The molecule has 0 spiro atoms. The lowest BCUT2D eigenvalue weighted by Gasteiger charge is -2.26. The van der Waals surface area contributed by atoms with Gasteiger partial charge in [-0.3, -0.25) is 9.59 Å². The zero-order chi connectivity index (χ0) is 23.4. The van der Waals surface area contributed by atoms with Crippen molar-refractivity contribution in [1.29, 1.82) is 0 Å². The molecular weight excluding hydrogens is 404 g/mol. The SMILES string of the molecule is Cc1cccc(C2/C(=C(/O)c3ccc(OC(C)C)cc3)C(=O)C(=O)N2CCCN(C)C)c1. The van der Waals surface area contributed by atoms with Crippen molar-refractivity contribution in [3.63, 3.8) is 0 Å². The van der Waals surface area contributed by atoms with Gasteiger partial charge < -0.3 is 19.6 Å². The molecule has 0 radical (unpaired) electrons. The van der Waals surface area contributed by atoms with Crippen LogP contribution in [0, 0.1) is 6.92 Å². The molecule has 170 valence electrons. The number of carbonyl (C=O) groups excluding carboxylic acids is 2. The van der Waals surface area contributed by atoms with Gasteiger partial charge in [0.05, 0.1) is 17.7 Å². The highest BCUT2D eigenvalue weighted by atomic mass is 16.5. The van der Waals surface area contributed by atoms with E-state index < -0.39 is 17.7 Å². The normalized spacial score (nSPS) is 18.1. The van der Waals surface area contributed by atoms with Crippen LogP contribution in [0.3, 0.4) is 0 Å². The summed E-state index contributed by atoms with van der Waals surface area (Å²) in [5.41, 5.74) is 2.44. The molecule has 1 saturated heterocycles. The molecule has 3 rings (SSSR count). The Balaban J connectivity index is 2.04. The van der Waals surface area contributed by atoms with E-state index in [0.29, 0.717) is 17.9 Å². The smallest absolute Gasteiger partial charge is 0.295 e. The molecule has 32 heavy (non-hydrogen) atoms. The fourth-order valence-electron chi connectivity index (χ4n) is 3.97. The lowest BCUT2D eigenvalue weighted by molar-refractivity contribution is -0.139. The molecule has 1 unspecified atom stereocenters. The fraction of sp³-hybridized carbons (Fsp3) is 0.385. The summed E-state index contributed by atoms with van der Waals surface area (Å²) in [6.07, 6.45) is 0.757. The van der Waals surface area contributed by atoms with Gasteiger partial charge in [-0.1, -0.05) is 29.8 Å². The first-order chi connectivity index (χ1) is 15.2. The maximum Gasteiger partial charge on any atom is 0.295 e. The highest BCUT2D eigenvalue weighted by molar-refractivity contribution is 6.46. The van der Waals surface area contributed by atoms with E-state index in [1.807, 2.05) is 64.0 Å². The molecule has 1 N–H and O–H groups in total. The monoisotopic (exact) mass is 436 g/mol. The lowest BCUT2D eigenvalue weighted by Crippen LogP contribution is -2.32. The average molecular weight is 437 g/mol. The molecule has 6 heteroatoms. The van der Waals surface area contributed by atoms with Crippen LogP contribution >= 0.6 is 0 Å². The van der Waals surface area contributed by atoms with Crippen molar-refractivity contribution in [1.82, 2.24) is 9.80 Å². The van der Waals surface area contributed by atoms with E-state index in [4.69, 9.17) is 4.74 Å². The van der Waals surface area contributed by atoms with Crippen LogP contribution in [0.15, 0.2) is 54.1 Å². The minimum atomic E-state index is -0.652. The van der Waals surface area contributed by atoms with Crippen molar-refractivity contribution in [2.24, 2.45) is 0 Å². The summed E-state index contributed by atoms with van der Waals surface area (Å²) in [7, 11) is 3.94. The Morgan fingerprint density at radius 2 is 1.81 bits per heavy atom. The van der Waals surface area contributed by atoms with Crippen LogP contribution in [0.5, 0.6) is 5.75 Å². The number of carbonyl (C=O) groups is 2. The maximum absolute atomic E-state index is 13.1. The summed E-state index contributed by atoms with van der Waals surface area (Å²) in [5, 5.41) is 11.1. The predicted octanol–water partition coefficient (Wildman–Crippen LogP) is 4.16. The minimum Gasteiger partial charge on any atom is -0.507 e. The number of ketones is 1. The molecule has 0 bridgehead atoms. The number of aryl methyl sites for hydroxylation is 1. The Bertz CT molecular complexity index is 1010. The molecule has 1 aliphatic heterocycles. The number of hydrogen-bond donors (Lipinski definition) is 1. The highest BCUT2D eigenvalue weighted by Crippen LogP contribution is 2.39. The van der Waals surface area contributed by atoms with E-state index in [2.05, 4.69) is 0 Å². The second kappa shape index (κ2) is 10.0. The third-order valence-electron chi connectivity index (χ3n) is 5.40. The molecule has 1 amide bonds. The number of amides is 1. The van der Waals surface area contributed by atoms with Gasteiger partial charge in [0.25, 0.3) is 11.7 Å². The van der Waals surface area contributed by atoms with Gasteiger partial charge in [0, 0.05) is 12.1 Å². The third-order valence-corrected chi connectivity index (χ3v) is 5.40. The van der Waals surface area contributed by atoms with E-state index >= 15 is 0 Å². The lowest BCUT2D eigenvalue weighted by atomic mass is 9.94. The van der Waals surface area contributed by atoms with Crippen molar-refractivity contribution in [3.8, 4) is 5.75 Å². The predicted molar refractivity (Wildman–Crippen MR) is 126 cm³/mol. The fourth-order valence-corrected chi connectivity index (χ4v) is 3.97. The Morgan fingerprint density at radius 1 is 1.12 bits per heavy atom. The number of aliphatic hydroxyl groups excluding tert-OH is 1. The molecule has 1 heterocycles. The van der Waals surface area contributed by atoms with Gasteiger partial charge in [0.2, 0.25) is 0 Å². The molecule has 0 saturated carbocycles. The van der Waals surface area contributed by atoms with E-state index in [9.17, 15) is 14.7 Å². The number of aliphatic hydroxyl groups is 1. The Hall–Kier alpha value is -3.12. The van der Waals surface area contributed by atoms with Crippen molar-refractivity contribution < 1.29 is 19.4 Å². The van der Waals surface area contributed by atoms with Gasteiger partial charge in [-0.05, 0) is 77.7 Å². The minimum absolute atomic E-state index is 0.0308. The van der Waals surface area contributed by atoms with Crippen molar-refractivity contribution in [3.05, 3.63) is 70.8 Å². The van der Waals surface area contributed by atoms with Crippen LogP contribution in [-0.2, 0) is 9.59 Å². The van der Waals surface area contributed by atoms with E-state index in [1.54, 1.807) is 29.2 Å².